The van der Waals surface area contributed by atoms with Crippen molar-refractivity contribution in [2.75, 3.05) is 17.2 Å². The normalized spacial score (nSPS) is 14.8. The molecule has 0 fully saturated rings. The minimum Gasteiger partial charge on any atom is -0.398 e. The fourth-order valence-electron chi connectivity index (χ4n) is 2.71. The lowest BCUT2D eigenvalue weighted by Crippen LogP contribution is -2.30. The van der Waals surface area contributed by atoms with Crippen LogP contribution in [0.25, 0.3) is 0 Å². The van der Waals surface area contributed by atoms with Gasteiger partial charge in [-0.1, -0.05) is 12.1 Å². The predicted octanol–water partition coefficient (Wildman–Crippen LogP) is 1.48. The number of anilines is 2. The van der Waals surface area contributed by atoms with Crippen LogP contribution >= 0.6 is 0 Å². The molecule has 2 aromatic rings. The maximum Gasteiger partial charge on any atom is 0.238 e. The Bertz CT molecular complexity index is 770. The highest BCUT2D eigenvalue weighted by molar-refractivity contribution is 7.89. The van der Waals surface area contributed by atoms with Gasteiger partial charge in [0.25, 0.3) is 0 Å². The molecule has 5 nitrogen and oxygen atoms in total. The zero-order valence-electron chi connectivity index (χ0n) is 11.5. The first-order chi connectivity index (χ1) is 9.95. The zero-order valence-corrected chi connectivity index (χ0v) is 12.3. The summed E-state index contributed by atoms with van der Waals surface area (Å²) in [5.41, 5.74) is 10.3. The van der Waals surface area contributed by atoms with E-state index in [0.717, 1.165) is 30.9 Å². The molecule has 21 heavy (non-hydrogen) atoms. The second-order valence-electron chi connectivity index (χ2n) is 5.20. The van der Waals surface area contributed by atoms with Crippen molar-refractivity contribution in [3.63, 3.8) is 0 Å². The molecule has 1 aliphatic heterocycles. The smallest absolute Gasteiger partial charge is 0.238 e. The highest BCUT2D eigenvalue weighted by atomic mass is 32.2. The van der Waals surface area contributed by atoms with Crippen molar-refractivity contribution in [3.05, 3.63) is 53.6 Å². The summed E-state index contributed by atoms with van der Waals surface area (Å²) in [6, 6.07) is 12.6. The first-order valence-electron chi connectivity index (χ1n) is 6.69. The van der Waals surface area contributed by atoms with Crippen molar-refractivity contribution in [3.8, 4) is 0 Å². The van der Waals surface area contributed by atoms with Crippen molar-refractivity contribution < 1.29 is 8.42 Å². The minimum absolute atomic E-state index is 0.132. The van der Waals surface area contributed by atoms with Gasteiger partial charge in [0.1, 0.15) is 0 Å². The lowest BCUT2D eigenvalue weighted by atomic mass is 9.97. The van der Waals surface area contributed by atoms with Crippen LogP contribution in [0.2, 0.25) is 0 Å². The van der Waals surface area contributed by atoms with Crippen molar-refractivity contribution in [2.45, 2.75) is 17.9 Å². The zero-order chi connectivity index (χ0) is 15.0. The van der Waals surface area contributed by atoms with E-state index in [1.54, 1.807) is 24.3 Å². The maximum absolute atomic E-state index is 11.3. The van der Waals surface area contributed by atoms with Gasteiger partial charge in [0.2, 0.25) is 10.0 Å². The lowest BCUT2D eigenvalue weighted by Gasteiger charge is -2.31. The van der Waals surface area contributed by atoms with E-state index in [1.807, 2.05) is 12.1 Å². The average molecular weight is 303 g/mol. The molecule has 1 aliphatic rings. The van der Waals surface area contributed by atoms with E-state index in [-0.39, 0.29) is 4.90 Å². The predicted molar refractivity (Wildman–Crippen MR) is 83.4 cm³/mol. The second-order valence-corrected chi connectivity index (χ2v) is 6.76. The summed E-state index contributed by atoms with van der Waals surface area (Å²) in [7, 11) is -3.64. The molecule has 6 heteroatoms. The van der Waals surface area contributed by atoms with Gasteiger partial charge in [-0.05, 0) is 47.9 Å². The van der Waals surface area contributed by atoms with Crippen molar-refractivity contribution >= 4 is 21.4 Å². The molecule has 0 saturated heterocycles. The summed E-state index contributed by atoms with van der Waals surface area (Å²) in [5.74, 6) is 0. The van der Waals surface area contributed by atoms with Crippen LogP contribution in [0.5, 0.6) is 0 Å². The molecule has 110 valence electrons. The molecule has 1 heterocycles. The Hall–Kier alpha value is -2.05. The minimum atomic E-state index is -3.64. The van der Waals surface area contributed by atoms with Crippen LogP contribution in [-0.2, 0) is 23.0 Å². The Labute approximate surface area is 124 Å². The third-order valence-corrected chi connectivity index (χ3v) is 4.76. The Kier molecular flexibility index (Phi) is 3.35. The fourth-order valence-corrected chi connectivity index (χ4v) is 3.22. The number of nitrogen functional groups attached to an aromatic ring is 1. The number of benzene rings is 2. The molecule has 0 aliphatic carbocycles. The van der Waals surface area contributed by atoms with Gasteiger partial charge in [0.15, 0.2) is 0 Å². The quantitative estimate of drug-likeness (QED) is 0.822. The Morgan fingerprint density at radius 2 is 1.76 bits per heavy atom. The molecule has 0 saturated carbocycles. The van der Waals surface area contributed by atoms with Crippen LogP contribution in [0.3, 0.4) is 0 Å². The van der Waals surface area contributed by atoms with Gasteiger partial charge in [0, 0.05) is 24.5 Å². The van der Waals surface area contributed by atoms with Crippen molar-refractivity contribution in [1.82, 2.24) is 0 Å². The molecular formula is C15H17N3O2S. The summed E-state index contributed by atoms with van der Waals surface area (Å²) >= 11 is 0. The molecule has 0 bridgehead atoms. The van der Waals surface area contributed by atoms with Crippen molar-refractivity contribution in [2.24, 2.45) is 5.14 Å². The van der Waals surface area contributed by atoms with Crippen LogP contribution in [0.15, 0.2) is 47.4 Å². The van der Waals surface area contributed by atoms with Gasteiger partial charge in [-0.2, -0.15) is 0 Å². The number of rotatable bonds is 2. The molecule has 0 amide bonds. The maximum atomic E-state index is 11.3. The van der Waals surface area contributed by atoms with E-state index in [4.69, 9.17) is 10.9 Å². The van der Waals surface area contributed by atoms with E-state index in [9.17, 15) is 8.42 Å². The molecule has 0 radical (unpaired) electrons. The first-order valence-corrected chi connectivity index (χ1v) is 8.24. The molecule has 0 aromatic heterocycles. The van der Waals surface area contributed by atoms with Crippen molar-refractivity contribution in [1.29, 1.82) is 0 Å². The van der Waals surface area contributed by atoms with Crippen LogP contribution in [0, 0.1) is 0 Å². The van der Waals surface area contributed by atoms with Crippen LogP contribution in [0.4, 0.5) is 11.4 Å². The standard InChI is InChI=1S/C15H17N3O2S/c16-15-3-1-2-11-10-18(9-8-14(11)15)12-4-6-13(7-5-12)21(17,19)20/h1-7H,8-10,16H2,(H2,17,19,20). The average Bonchev–Trinajstić information content (AvgIpc) is 2.46. The van der Waals surface area contributed by atoms with Gasteiger partial charge in [-0.15, -0.1) is 0 Å². The molecule has 4 N–H and O–H groups in total. The number of nitrogens with zero attached hydrogens (tertiary/aromatic N) is 1. The molecule has 3 rings (SSSR count). The third kappa shape index (κ3) is 2.72. The van der Waals surface area contributed by atoms with Gasteiger partial charge < -0.3 is 10.6 Å². The Morgan fingerprint density at radius 1 is 1.05 bits per heavy atom. The van der Waals surface area contributed by atoms with Crippen LogP contribution < -0.4 is 15.8 Å². The van der Waals surface area contributed by atoms with Gasteiger partial charge in [-0.3, -0.25) is 0 Å². The van der Waals surface area contributed by atoms with E-state index in [1.165, 1.54) is 11.1 Å². The number of hydrogen-bond acceptors (Lipinski definition) is 4. The van der Waals surface area contributed by atoms with Gasteiger partial charge >= 0.3 is 0 Å². The third-order valence-electron chi connectivity index (χ3n) is 3.83. The summed E-state index contributed by atoms with van der Waals surface area (Å²) in [6.45, 7) is 1.63. The monoisotopic (exact) mass is 303 g/mol. The molecule has 0 unspecified atom stereocenters. The van der Waals surface area contributed by atoms with E-state index in [0.29, 0.717) is 0 Å². The number of fused-ring (bicyclic) bond motifs is 1. The molecule has 0 atom stereocenters. The second kappa shape index (κ2) is 5.05. The highest BCUT2D eigenvalue weighted by Gasteiger charge is 2.18. The first kappa shape index (κ1) is 13.9. The van der Waals surface area contributed by atoms with Crippen LogP contribution in [-0.4, -0.2) is 15.0 Å². The summed E-state index contributed by atoms with van der Waals surface area (Å²) in [6.07, 6.45) is 0.888. The Morgan fingerprint density at radius 3 is 2.43 bits per heavy atom. The number of nitrogens with two attached hydrogens (primary N) is 2. The number of sulfonamides is 1. The SMILES string of the molecule is Nc1cccc2c1CCN(c1ccc(S(N)(=O)=O)cc1)C2. The van der Waals surface area contributed by atoms with E-state index >= 15 is 0 Å². The molecule has 2 aromatic carbocycles. The fraction of sp³-hybridized carbons (Fsp3) is 0.200. The molecule has 0 spiro atoms. The topological polar surface area (TPSA) is 89.4 Å². The Balaban J connectivity index is 1.86. The number of hydrogen-bond donors (Lipinski definition) is 2. The largest absolute Gasteiger partial charge is 0.398 e. The van der Waals surface area contributed by atoms with Gasteiger partial charge in [-0.25, -0.2) is 13.6 Å². The summed E-state index contributed by atoms with van der Waals surface area (Å²) in [5, 5.41) is 5.11. The van der Waals surface area contributed by atoms with E-state index < -0.39 is 10.0 Å². The van der Waals surface area contributed by atoms with Gasteiger partial charge in [0.05, 0.1) is 4.90 Å². The molecular weight excluding hydrogens is 286 g/mol. The summed E-state index contributed by atoms with van der Waals surface area (Å²) < 4.78 is 22.5. The summed E-state index contributed by atoms with van der Waals surface area (Å²) in [4.78, 5) is 2.34. The van der Waals surface area contributed by atoms with E-state index in [2.05, 4.69) is 11.0 Å². The lowest BCUT2D eigenvalue weighted by molar-refractivity contribution is 0.598. The van der Waals surface area contributed by atoms with Crippen LogP contribution in [0.1, 0.15) is 11.1 Å². The number of primary sulfonamides is 1. The highest BCUT2D eigenvalue weighted by Crippen LogP contribution is 2.28.